The Labute approximate surface area is 396 Å². The first-order chi connectivity index (χ1) is 33.8. The maximum atomic E-state index is 4.10. The van der Waals surface area contributed by atoms with Crippen LogP contribution in [-0.4, -0.2) is 9.13 Å². The molecule has 4 heterocycles. The molecule has 1 aliphatic heterocycles. The lowest BCUT2D eigenvalue weighted by molar-refractivity contribution is 0.792. The first-order valence-corrected chi connectivity index (χ1v) is 24.4. The van der Waals surface area contributed by atoms with Crippen LogP contribution in [0.2, 0.25) is 0 Å². The van der Waals surface area contributed by atoms with Crippen molar-refractivity contribution < 1.29 is 0 Å². The minimum Gasteiger partial charge on any atom is -0.374 e. The summed E-state index contributed by atoms with van der Waals surface area (Å²) in [6.45, 7) is 0. The molecule has 1 spiro atoms. The van der Waals surface area contributed by atoms with Gasteiger partial charge < -0.3 is 14.5 Å². The van der Waals surface area contributed by atoms with Crippen LogP contribution >= 0.6 is 11.3 Å². The smallest absolute Gasteiger partial charge is 0.109 e. The van der Waals surface area contributed by atoms with Gasteiger partial charge in [0.25, 0.3) is 0 Å². The number of benzene rings is 10. The molecule has 16 rings (SSSR count). The van der Waals surface area contributed by atoms with Crippen molar-refractivity contribution in [2.24, 2.45) is 0 Å². The second-order valence-corrected chi connectivity index (χ2v) is 19.8. The zero-order valence-electron chi connectivity index (χ0n) is 36.7. The summed E-state index contributed by atoms with van der Waals surface area (Å²) in [5, 5.41) is 10.5. The Hall–Kier alpha value is -8.44. The third-order valence-electron chi connectivity index (χ3n) is 15.6. The Morgan fingerprint density at radius 3 is 1.82 bits per heavy atom. The van der Waals surface area contributed by atoms with Crippen molar-refractivity contribution >= 4 is 70.0 Å². The van der Waals surface area contributed by atoms with E-state index in [1.165, 1.54) is 125 Å². The van der Waals surface area contributed by atoms with E-state index in [0.717, 1.165) is 11.4 Å². The van der Waals surface area contributed by atoms with Crippen LogP contribution in [0, 0.1) is 0 Å². The summed E-state index contributed by atoms with van der Waals surface area (Å²) in [5.74, 6) is 0. The molecule has 1 atom stereocenters. The van der Waals surface area contributed by atoms with Crippen molar-refractivity contribution in [3.05, 3.63) is 258 Å². The number of thiophene rings is 1. The summed E-state index contributed by atoms with van der Waals surface area (Å²) in [4.78, 5) is 1.26. The van der Waals surface area contributed by atoms with Gasteiger partial charge in [-0.25, -0.2) is 0 Å². The monoisotopic (exact) mass is 881 g/mol. The fraction of sp³-hybridized carbons (Fsp3) is 0.0312. The number of fused-ring (bicyclic) bond motifs is 22. The molecule has 316 valence electrons. The standard InChI is InChI=1S/C64H39N3S/c1-2-18-39(19-3-1)66-55-31-14-8-23-43(55)48-36-57-49(37-56(48)66)60-46-26-9-15-32-58(46)68-63(60)67(57)40-20-16-17-38(35-40)62-47-33-34-53-61(59(47)45-25-7-13-30-54(45)65-62)44-24-6-12-29-52(44)64(53)50-27-10-4-21-41(50)42-22-5-11-28-51(42)64/h1-37,62,65H. The zero-order chi connectivity index (χ0) is 44.2. The van der Waals surface area contributed by atoms with E-state index >= 15 is 0 Å². The van der Waals surface area contributed by atoms with Crippen molar-refractivity contribution in [2.45, 2.75) is 11.5 Å². The van der Waals surface area contributed by atoms with E-state index in [0.29, 0.717) is 0 Å². The summed E-state index contributed by atoms with van der Waals surface area (Å²) in [7, 11) is 0. The number of para-hydroxylation sites is 3. The van der Waals surface area contributed by atoms with E-state index in [-0.39, 0.29) is 6.04 Å². The van der Waals surface area contributed by atoms with Crippen molar-refractivity contribution in [3.8, 4) is 44.8 Å². The van der Waals surface area contributed by atoms with Gasteiger partial charge >= 0.3 is 0 Å². The highest BCUT2D eigenvalue weighted by molar-refractivity contribution is 7.25. The van der Waals surface area contributed by atoms with Crippen LogP contribution in [0.1, 0.15) is 39.4 Å². The van der Waals surface area contributed by atoms with E-state index in [2.05, 4.69) is 239 Å². The Morgan fingerprint density at radius 2 is 1.01 bits per heavy atom. The van der Waals surface area contributed by atoms with Crippen molar-refractivity contribution in [3.63, 3.8) is 0 Å². The molecule has 3 aromatic heterocycles. The fourth-order valence-corrected chi connectivity index (χ4v) is 14.2. The predicted molar refractivity (Wildman–Crippen MR) is 284 cm³/mol. The first kappa shape index (κ1) is 36.7. The quantitative estimate of drug-likeness (QED) is 0.188. The number of anilines is 1. The third-order valence-corrected chi connectivity index (χ3v) is 16.7. The highest BCUT2D eigenvalue weighted by atomic mass is 32.1. The molecule has 1 N–H and O–H groups in total. The van der Waals surface area contributed by atoms with Crippen LogP contribution in [0.15, 0.2) is 224 Å². The Bertz CT molecular complexity index is 4270. The maximum absolute atomic E-state index is 4.10. The van der Waals surface area contributed by atoms with Crippen LogP contribution in [0.5, 0.6) is 0 Å². The van der Waals surface area contributed by atoms with E-state index in [1.54, 1.807) is 0 Å². The van der Waals surface area contributed by atoms with Crippen molar-refractivity contribution in [1.82, 2.24) is 9.13 Å². The van der Waals surface area contributed by atoms with Gasteiger partial charge in [0.15, 0.2) is 0 Å². The van der Waals surface area contributed by atoms with E-state index in [4.69, 9.17) is 0 Å². The van der Waals surface area contributed by atoms with Crippen LogP contribution in [0.25, 0.3) is 97.8 Å². The molecule has 2 aliphatic carbocycles. The van der Waals surface area contributed by atoms with Gasteiger partial charge in [-0.1, -0.05) is 170 Å². The molecular weight excluding hydrogens is 843 g/mol. The molecule has 4 heteroatoms. The number of nitrogens with one attached hydrogen (secondary N) is 1. The summed E-state index contributed by atoms with van der Waals surface area (Å²) >= 11 is 1.89. The summed E-state index contributed by atoms with van der Waals surface area (Å²) in [6, 6.07) is 84.0. The molecule has 1 unspecified atom stereocenters. The molecule has 0 fully saturated rings. The highest BCUT2D eigenvalue weighted by Gasteiger charge is 2.52. The van der Waals surface area contributed by atoms with Gasteiger partial charge in [0.05, 0.1) is 28.0 Å². The summed E-state index contributed by atoms with van der Waals surface area (Å²) in [6.07, 6.45) is 0. The lowest BCUT2D eigenvalue weighted by Gasteiger charge is -2.34. The van der Waals surface area contributed by atoms with Crippen LogP contribution in [0.4, 0.5) is 5.69 Å². The average molecular weight is 882 g/mol. The van der Waals surface area contributed by atoms with Crippen molar-refractivity contribution in [1.29, 1.82) is 0 Å². The molecule has 0 bridgehead atoms. The number of rotatable bonds is 3. The number of aromatic nitrogens is 2. The molecular formula is C64H39N3S. The molecule has 0 radical (unpaired) electrons. The minimum atomic E-state index is -0.409. The summed E-state index contributed by atoms with van der Waals surface area (Å²) < 4.78 is 6.28. The number of nitrogens with zero attached hydrogens (tertiary/aromatic N) is 2. The molecule has 0 saturated carbocycles. The van der Waals surface area contributed by atoms with E-state index in [9.17, 15) is 0 Å². The fourth-order valence-electron chi connectivity index (χ4n) is 13.0. The van der Waals surface area contributed by atoms with Crippen LogP contribution < -0.4 is 5.32 Å². The lowest BCUT2D eigenvalue weighted by atomic mass is 9.70. The molecule has 13 aromatic rings. The Morgan fingerprint density at radius 1 is 0.397 bits per heavy atom. The molecule has 68 heavy (non-hydrogen) atoms. The van der Waals surface area contributed by atoms with Gasteiger partial charge in [-0.2, -0.15) is 0 Å². The SMILES string of the molecule is c1ccc(-n2c3ccccc3c3cc4c(cc32)c2c3ccccc3sc2n4-c2cccc(C3Nc4ccccc4-c4c3ccc3c4-c4ccccc4C34c3ccccc3-c3ccccc34)c2)cc1. The molecule has 3 aliphatic rings. The topological polar surface area (TPSA) is 21.9 Å². The lowest BCUT2D eigenvalue weighted by Crippen LogP contribution is -2.26. The highest BCUT2D eigenvalue weighted by Crippen LogP contribution is 2.65. The molecule has 3 nitrogen and oxygen atoms in total. The van der Waals surface area contributed by atoms with Crippen LogP contribution in [0.3, 0.4) is 0 Å². The van der Waals surface area contributed by atoms with Gasteiger partial charge in [0.2, 0.25) is 0 Å². The average Bonchev–Trinajstić information content (AvgIpc) is 4.18. The molecule has 0 amide bonds. The van der Waals surface area contributed by atoms with Gasteiger partial charge in [-0.3, -0.25) is 0 Å². The van der Waals surface area contributed by atoms with Gasteiger partial charge in [-0.05, 0) is 116 Å². The van der Waals surface area contributed by atoms with Crippen LogP contribution in [-0.2, 0) is 5.41 Å². The molecule has 0 saturated heterocycles. The van der Waals surface area contributed by atoms with E-state index in [1.807, 2.05) is 11.3 Å². The third kappa shape index (κ3) is 4.58. The second-order valence-electron chi connectivity index (χ2n) is 18.7. The van der Waals surface area contributed by atoms with Gasteiger partial charge in [0, 0.05) is 54.3 Å². The maximum Gasteiger partial charge on any atom is 0.109 e. The van der Waals surface area contributed by atoms with Gasteiger partial charge in [-0.15, -0.1) is 11.3 Å². The zero-order valence-corrected chi connectivity index (χ0v) is 37.6. The number of hydrogen-bond acceptors (Lipinski definition) is 2. The Kier molecular flexibility index (Phi) is 7.21. The molecule has 10 aromatic carbocycles. The first-order valence-electron chi connectivity index (χ1n) is 23.6. The minimum absolute atomic E-state index is 0.0905. The second kappa shape index (κ2) is 13.3. The number of hydrogen-bond donors (Lipinski definition) is 1. The Balaban J connectivity index is 0.941. The van der Waals surface area contributed by atoms with E-state index < -0.39 is 5.41 Å². The predicted octanol–water partition coefficient (Wildman–Crippen LogP) is 16.6. The van der Waals surface area contributed by atoms with Crippen molar-refractivity contribution in [2.75, 3.05) is 5.32 Å². The normalized spacial score (nSPS) is 14.9. The largest absolute Gasteiger partial charge is 0.374 e. The van der Waals surface area contributed by atoms with Gasteiger partial charge in [0.1, 0.15) is 4.83 Å². The summed E-state index contributed by atoms with van der Waals surface area (Å²) in [5.41, 5.74) is 22.6.